The van der Waals surface area contributed by atoms with E-state index in [2.05, 4.69) is 31.4 Å². The van der Waals surface area contributed by atoms with E-state index in [4.69, 9.17) is 5.11 Å². The van der Waals surface area contributed by atoms with Crippen molar-refractivity contribution in [1.82, 2.24) is 10.6 Å². The number of hydrogen-bond donors (Lipinski definition) is 3. The number of aliphatic hydroxyl groups excluding tert-OH is 1. The van der Waals surface area contributed by atoms with Gasteiger partial charge in [-0.25, -0.2) is 0 Å². The first-order chi connectivity index (χ1) is 7.26. The topological polar surface area (TPSA) is 61.4 Å². The van der Waals surface area contributed by atoms with Crippen molar-refractivity contribution in [3.8, 4) is 0 Å². The number of carbonyl (C=O) groups excluding carboxylic acids is 1. The number of hydrogen-bond acceptors (Lipinski definition) is 3. The Morgan fingerprint density at radius 3 is 2.25 bits per heavy atom. The van der Waals surface area contributed by atoms with Crippen molar-refractivity contribution in [2.45, 2.75) is 52.6 Å². The molecule has 0 aromatic carbocycles. The van der Waals surface area contributed by atoms with Crippen LogP contribution in [0.5, 0.6) is 0 Å². The summed E-state index contributed by atoms with van der Waals surface area (Å²) in [5.41, 5.74) is 0.0364. The van der Waals surface area contributed by atoms with Gasteiger partial charge in [-0.3, -0.25) is 4.79 Å². The summed E-state index contributed by atoms with van der Waals surface area (Å²) in [6.45, 7) is 10.8. The molecule has 0 saturated heterocycles. The molecule has 0 aromatic rings. The van der Waals surface area contributed by atoms with Gasteiger partial charge in [0.05, 0.1) is 12.6 Å². The molecule has 0 unspecified atom stereocenters. The van der Waals surface area contributed by atoms with Crippen LogP contribution in [0.3, 0.4) is 0 Å². The van der Waals surface area contributed by atoms with Crippen LogP contribution < -0.4 is 10.6 Å². The van der Waals surface area contributed by atoms with Crippen LogP contribution in [-0.4, -0.2) is 35.7 Å². The molecule has 0 aromatic heterocycles. The van der Waals surface area contributed by atoms with Crippen molar-refractivity contribution < 1.29 is 9.90 Å². The van der Waals surface area contributed by atoms with Crippen LogP contribution in [0.1, 0.15) is 41.0 Å². The van der Waals surface area contributed by atoms with Crippen LogP contribution in [0.2, 0.25) is 0 Å². The highest BCUT2D eigenvalue weighted by Crippen LogP contribution is 2.01. The summed E-state index contributed by atoms with van der Waals surface area (Å²) >= 11 is 0. The fourth-order valence-corrected chi connectivity index (χ4v) is 1.25. The number of nitrogens with one attached hydrogen (secondary N) is 2. The maximum Gasteiger partial charge on any atom is 0.221 e. The predicted molar refractivity (Wildman–Crippen MR) is 66.2 cm³/mol. The second-order valence-corrected chi connectivity index (χ2v) is 5.53. The second-order valence-electron chi connectivity index (χ2n) is 5.53. The minimum absolute atomic E-state index is 0.00386. The molecule has 0 aliphatic carbocycles. The molecule has 0 rings (SSSR count). The van der Waals surface area contributed by atoms with E-state index in [1.807, 2.05) is 13.8 Å². The summed E-state index contributed by atoms with van der Waals surface area (Å²) in [5.74, 6) is 0.244. The molecule has 4 nitrogen and oxygen atoms in total. The van der Waals surface area contributed by atoms with E-state index in [9.17, 15) is 4.79 Å². The predicted octanol–water partition coefficient (Wildman–Crippen LogP) is 0.898. The lowest BCUT2D eigenvalue weighted by molar-refractivity contribution is -0.122. The summed E-state index contributed by atoms with van der Waals surface area (Å²) in [6.07, 6.45) is 0.445. The summed E-state index contributed by atoms with van der Waals surface area (Å²) < 4.78 is 0. The lowest BCUT2D eigenvalue weighted by Gasteiger charge is -2.22. The largest absolute Gasteiger partial charge is 0.394 e. The average molecular weight is 230 g/mol. The minimum Gasteiger partial charge on any atom is -0.394 e. The van der Waals surface area contributed by atoms with Crippen molar-refractivity contribution in [3.05, 3.63) is 0 Å². The Morgan fingerprint density at radius 2 is 1.88 bits per heavy atom. The molecule has 3 N–H and O–H groups in total. The van der Waals surface area contributed by atoms with Crippen LogP contribution >= 0.6 is 0 Å². The standard InChI is InChI=1S/C12H26N2O2/c1-9(2)10(8-15)14-11(16)6-7-13-12(3,4)5/h9-10,13,15H,6-8H2,1-5H3,(H,14,16)/t10-/m1/s1. The molecular weight excluding hydrogens is 204 g/mol. The van der Waals surface area contributed by atoms with Gasteiger partial charge in [0.15, 0.2) is 0 Å². The summed E-state index contributed by atoms with van der Waals surface area (Å²) in [6, 6.07) is -0.137. The molecule has 0 heterocycles. The van der Waals surface area contributed by atoms with Crippen LogP contribution in [-0.2, 0) is 4.79 Å². The molecule has 1 amide bonds. The first-order valence-electron chi connectivity index (χ1n) is 5.91. The van der Waals surface area contributed by atoms with Gasteiger partial charge in [0.25, 0.3) is 0 Å². The molecule has 0 aliphatic heterocycles. The monoisotopic (exact) mass is 230 g/mol. The highest BCUT2D eigenvalue weighted by atomic mass is 16.3. The number of aliphatic hydroxyl groups is 1. The molecule has 4 heteroatoms. The van der Waals surface area contributed by atoms with Crippen LogP contribution in [0, 0.1) is 5.92 Å². The molecule has 0 bridgehead atoms. The normalized spacial score (nSPS) is 13.9. The van der Waals surface area contributed by atoms with Crippen molar-refractivity contribution in [2.24, 2.45) is 5.92 Å². The Morgan fingerprint density at radius 1 is 1.31 bits per heavy atom. The third kappa shape index (κ3) is 7.65. The smallest absolute Gasteiger partial charge is 0.221 e. The Hall–Kier alpha value is -0.610. The van der Waals surface area contributed by atoms with Crippen LogP contribution in [0.15, 0.2) is 0 Å². The first-order valence-corrected chi connectivity index (χ1v) is 5.91. The van der Waals surface area contributed by atoms with Gasteiger partial charge in [0.1, 0.15) is 0 Å². The quantitative estimate of drug-likeness (QED) is 0.635. The van der Waals surface area contributed by atoms with Crippen LogP contribution in [0.25, 0.3) is 0 Å². The molecule has 1 atom stereocenters. The Bertz CT molecular complexity index is 210. The van der Waals surface area contributed by atoms with E-state index in [0.29, 0.717) is 13.0 Å². The zero-order valence-corrected chi connectivity index (χ0v) is 11.1. The van der Waals surface area contributed by atoms with Crippen molar-refractivity contribution in [3.63, 3.8) is 0 Å². The SMILES string of the molecule is CC(C)[C@@H](CO)NC(=O)CCNC(C)(C)C. The zero-order valence-electron chi connectivity index (χ0n) is 11.1. The van der Waals surface area contributed by atoms with E-state index >= 15 is 0 Å². The highest BCUT2D eigenvalue weighted by Gasteiger charge is 2.15. The lowest BCUT2D eigenvalue weighted by Crippen LogP contribution is -2.43. The van der Waals surface area contributed by atoms with E-state index in [1.165, 1.54) is 0 Å². The highest BCUT2D eigenvalue weighted by molar-refractivity contribution is 5.76. The van der Waals surface area contributed by atoms with Crippen LogP contribution in [0.4, 0.5) is 0 Å². The van der Waals surface area contributed by atoms with Gasteiger partial charge in [0.2, 0.25) is 5.91 Å². The van der Waals surface area contributed by atoms with Crippen molar-refractivity contribution >= 4 is 5.91 Å². The third-order valence-corrected chi connectivity index (χ3v) is 2.36. The number of rotatable bonds is 6. The van der Waals surface area contributed by atoms with Crippen molar-refractivity contribution in [1.29, 1.82) is 0 Å². The van der Waals surface area contributed by atoms with Gasteiger partial charge in [-0.2, -0.15) is 0 Å². The molecule has 0 aliphatic rings. The Kier molecular flexibility index (Phi) is 6.60. The summed E-state index contributed by atoms with van der Waals surface area (Å²) in [4.78, 5) is 11.5. The number of amides is 1. The molecule has 0 fully saturated rings. The second kappa shape index (κ2) is 6.86. The average Bonchev–Trinajstić information content (AvgIpc) is 2.11. The molecule has 0 radical (unpaired) electrons. The van der Waals surface area contributed by atoms with Gasteiger partial charge < -0.3 is 15.7 Å². The fraction of sp³-hybridized carbons (Fsp3) is 0.917. The molecule has 96 valence electrons. The van der Waals surface area contributed by atoms with E-state index in [-0.39, 0.29) is 30.0 Å². The molecule has 0 saturated carbocycles. The van der Waals surface area contributed by atoms with Gasteiger partial charge in [-0.05, 0) is 26.7 Å². The first kappa shape index (κ1) is 15.4. The van der Waals surface area contributed by atoms with E-state index in [1.54, 1.807) is 0 Å². The lowest BCUT2D eigenvalue weighted by atomic mass is 10.1. The van der Waals surface area contributed by atoms with Gasteiger partial charge in [0, 0.05) is 18.5 Å². The Labute approximate surface area is 98.8 Å². The zero-order chi connectivity index (χ0) is 12.8. The van der Waals surface area contributed by atoms with Gasteiger partial charge in [-0.15, -0.1) is 0 Å². The van der Waals surface area contributed by atoms with E-state index < -0.39 is 0 Å². The molecule has 16 heavy (non-hydrogen) atoms. The maximum atomic E-state index is 11.5. The summed E-state index contributed by atoms with van der Waals surface area (Å²) in [5, 5.41) is 15.1. The third-order valence-electron chi connectivity index (χ3n) is 2.36. The van der Waals surface area contributed by atoms with Gasteiger partial charge >= 0.3 is 0 Å². The molecular formula is C12H26N2O2. The maximum absolute atomic E-state index is 11.5. The Balaban J connectivity index is 3.82. The van der Waals surface area contributed by atoms with Gasteiger partial charge in [-0.1, -0.05) is 13.8 Å². The van der Waals surface area contributed by atoms with Crippen molar-refractivity contribution in [2.75, 3.05) is 13.2 Å². The fourth-order valence-electron chi connectivity index (χ4n) is 1.25. The minimum atomic E-state index is -0.137. The van der Waals surface area contributed by atoms with E-state index in [0.717, 1.165) is 0 Å². The summed E-state index contributed by atoms with van der Waals surface area (Å²) in [7, 11) is 0. The molecule has 0 spiro atoms. The number of carbonyl (C=O) groups is 1.